The molecule has 1 unspecified atom stereocenters. The molecule has 19 heavy (non-hydrogen) atoms. The molecule has 0 saturated carbocycles. The summed E-state index contributed by atoms with van der Waals surface area (Å²) < 4.78 is 1.91. The van der Waals surface area contributed by atoms with Gasteiger partial charge in [0.25, 0.3) is 0 Å². The summed E-state index contributed by atoms with van der Waals surface area (Å²) in [5.41, 5.74) is 3.83. The second-order valence-corrected chi connectivity index (χ2v) is 6.42. The maximum atomic E-state index is 4.61. The minimum absolute atomic E-state index is 0.0768. The van der Waals surface area contributed by atoms with Gasteiger partial charge < -0.3 is 5.32 Å². The summed E-state index contributed by atoms with van der Waals surface area (Å²) in [6.45, 7) is 14.3. The van der Waals surface area contributed by atoms with E-state index in [9.17, 15) is 0 Å². The number of aryl methyl sites for hydroxylation is 1. The van der Waals surface area contributed by atoms with Crippen LogP contribution in [0.15, 0.2) is 11.8 Å². The van der Waals surface area contributed by atoms with Gasteiger partial charge in [-0.15, -0.1) is 0 Å². The van der Waals surface area contributed by atoms with Gasteiger partial charge in [0.15, 0.2) is 0 Å². The van der Waals surface area contributed by atoms with Gasteiger partial charge in [0.2, 0.25) is 0 Å². The lowest BCUT2D eigenvalue weighted by atomic mass is 9.89. The van der Waals surface area contributed by atoms with E-state index in [0.29, 0.717) is 6.04 Å². The Morgan fingerprint density at radius 2 is 2.11 bits per heavy atom. The summed E-state index contributed by atoms with van der Waals surface area (Å²) >= 11 is 0. The number of aromatic nitrogens is 2. The minimum Gasteiger partial charge on any atom is -0.311 e. The zero-order valence-corrected chi connectivity index (χ0v) is 13.5. The van der Waals surface area contributed by atoms with Gasteiger partial charge in [0.1, 0.15) is 0 Å². The monoisotopic (exact) mass is 263 g/mol. The van der Waals surface area contributed by atoms with Crippen molar-refractivity contribution in [3.8, 4) is 0 Å². The molecule has 1 aromatic rings. The fourth-order valence-electron chi connectivity index (χ4n) is 2.09. The Balaban J connectivity index is 2.97. The van der Waals surface area contributed by atoms with Crippen LogP contribution in [-0.4, -0.2) is 22.4 Å². The summed E-state index contributed by atoms with van der Waals surface area (Å²) in [5, 5.41) is 8.13. The van der Waals surface area contributed by atoms with Crippen molar-refractivity contribution in [3.05, 3.63) is 23.0 Å². The van der Waals surface area contributed by atoms with E-state index in [1.54, 1.807) is 0 Å². The lowest BCUT2D eigenvalue weighted by Gasteiger charge is -2.18. The first-order chi connectivity index (χ1) is 8.75. The smallest absolute Gasteiger partial charge is 0.0750 e. The lowest BCUT2D eigenvalue weighted by Crippen LogP contribution is -2.27. The van der Waals surface area contributed by atoms with Crippen LogP contribution in [0.5, 0.6) is 0 Å². The Morgan fingerprint density at radius 3 is 2.63 bits per heavy atom. The number of nitrogens with zero attached hydrogens (tertiary/aromatic N) is 2. The van der Waals surface area contributed by atoms with Crippen LogP contribution in [0.1, 0.15) is 59.2 Å². The van der Waals surface area contributed by atoms with Gasteiger partial charge >= 0.3 is 0 Å². The Kier molecular flexibility index (Phi) is 5.36. The molecule has 0 radical (unpaired) electrons. The summed E-state index contributed by atoms with van der Waals surface area (Å²) in [4.78, 5) is 0. The van der Waals surface area contributed by atoms with Crippen LogP contribution < -0.4 is 5.32 Å². The molecule has 0 spiro atoms. The molecule has 108 valence electrons. The van der Waals surface area contributed by atoms with Crippen molar-refractivity contribution in [1.82, 2.24) is 15.1 Å². The Morgan fingerprint density at radius 1 is 1.47 bits per heavy atom. The summed E-state index contributed by atoms with van der Waals surface area (Å²) in [5.74, 6) is 0. The Bertz CT molecular complexity index is 435. The molecule has 0 aliphatic rings. The van der Waals surface area contributed by atoms with Crippen molar-refractivity contribution in [1.29, 1.82) is 0 Å². The van der Waals surface area contributed by atoms with E-state index in [0.717, 1.165) is 18.7 Å². The molecular weight excluding hydrogens is 234 g/mol. The van der Waals surface area contributed by atoms with Crippen molar-refractivity contribution in [3.63, 3.8) is 0 Å². The van der Waals surface area contributed by atoms with Gasteiger partial charge in [0, 0.05) is 30.3 Å². The average molecular weight is 263 g/mol. The fourth-order valence-corrected chi connectivity index (χ4v) is 2.09. The zero-order chi connectivity index (χ0) is 14.6. The summed E-state index contributed by atoms with van der Waals surface area (Å²) in [7, 11) is 1.99. The van der Waals surface area contributed by atoms with E-state index in [4.69, 9.17) is 0 Å². The van der Waals surface area contributed by atoms with Crippen molar-refractivity contribution in [2.45, 2.75) is 59.4 Å². The third kappa shape index (κ3) is 4.50. The number of hydrogen-bond donors (Lipinski definition) is 1. The first-order valence-corrected chi connectivity index (χ1v) is 7.21. The second-order valence-electron chi connectivity index (χ2n) is 6.42. The molecule has 3 nitrogen and oxygen atoms in total. The van der Waals surface area contributed by atoms with E-state index in [2.05, 4.69) is 64.2 Å². The lowest BCUT2D eigenvalue weighted by molar-refractivity contribution is 0.552. The topological polar surface area (TPSA) is 29.9 Å². The molecule has 1 aromatic heterocycles. The predicted octanol–water partition coefficient (Wildman–Crippen LogP) is 3.51. The highest BCUT2D eigenvalue weighted by Crippen LogP contribution is 2.26. The van der Waals surface area contributed by atoms with E-state index >= 15 is 0 Å². The Labute approximate surface area is 118 Å². The van der Waals surface area contributed by atoms with Crippen LogP contribution in [0.2, 0.25) is 0 Å². The SMILES string of the molecule is CCCNC(C)C(C)=Cc1cn(C)nc1C(C)(C)C. The van der Waals surface area contributed by atoms with Gasteiger partial charge in [-0.1, -0.05) is 39.3 Å². The summed E-state index contributed by atoms with van der Waals surface area (Å²) in [6, 6.07) is 0.410. The molecule has 1 heterocycles. The first kappa shape index (κ1) is 16.0. The van der Waals surface area contributed by atoms with Gasteiger partial charge in [-0.05, 0) is 26.8 Å². The van der Waals surface area contributed by atoms with Crippen molar-refractivity contribution >= 4 is 6.08 Å². The van der Waals surface area contributed by atoms with Crippen molar-refractivity contribution in [2.24, 2.45) is 7.05 Å². The maximum Gasteiger partial charge on any atom is 0.0750 e. The van der Waals surface area contributed by atoms with Crippen molar-refractivity contribution in [2.75, 3.05) is 6.54 Å². The van der Waals surface area contributed by atoms with Gasteiger partial charge in [-0.3, -0.25) is 4.68 Å². The molecule has 0 aromatic carbocycles. The van der Waals surface area contributed by atoms with E-state index in [1.165, 1.54) is 11.1 Å². The van der Waals surface area contributed by atoms with Crippen LogP contribution in [0, 0.1) is 0 Å². The summed E-state index contributed by atoms with van der Waals surface area (Å²) in [6.07, 6.45) is 5.54. The molecular formula is C16H29N3. The molecule has 3 heteroatoms. The average Bonchev–Trinajstić information content (AvgIpc) is 2.66. The second kappa shape index (κ2) is 6.38. The highest BCUT2D eigenvalue weighted by molar-refractivity contribution is 5.56. The van der Waals surface area contributed by atoms with Crippen LogP contribution in [0.3, 0.4) is 0 Å². The quantitative estimate of drug-likeness (QED) is 0.881. The molecule has 0 amide bonds. The van der Waals surface area contributed by atoms with Gasteiger partial charge in [-0.25, -0.2) is 0 Å². The first-order valence-electron chi connectivity index (χ1n) is 7.21. The highest BCUT2D eigenvalue weighted by Gasteiger charge is 2.21. The highest BCUT2D eigenvalue weighted by atomic mass is 15.3. The third-order valence-electron chi connectivity index (χ3n) is 3.33. The zero-order valence-electron chi connectivity index (χ0n) is 13.5. The van der Waals surface area contributed by atoms with E-state index < -0.39 is 0 Å². The van der Waals surface area contributed by atoms with E-state index in [1.807, 2.05) is 11.7 Å². The molecule has 0 aliphatic carbocycles. The molecule has 0 bridgehead atoms. The Hall–Kier alpha value is -1.09. The molecule has 0 fully saturated rings. The van der Waals surface area contributed by atoms with Crippen LogP contribution in [0.25, 0.3) is 6.08 Å². The van der Waals surface area contributed by atoms with Gasteiger partial charge in [0.05, 0.1) is 5.69 Å². The molecule has 1 atom stereocenters. The standard InChI is InChI=1S/C16H29N3/c1-8-9-17-13(3)12(2)10-14-11-19(7)18-15(14)16(4,5)6/h10-11,13,17H,8-9H2,1-7H3. The number of rotatable bonds is 5. The molecule has 0 saturated heterocycles. The normalized spacial score (nSPS) is 14.8. The minimum atomic E-state index is 0.0768. The molecule has 1 rings (SSSR count). The molecule has 1 N–H and O–H groups in total. The third-order valence-corrected chi connectivity index (χ3v) is 3.33. The van der Waals surface area contributed by atoms with Gasteiger partial charge in [-0.2, -0.15) is 5.10 Å². The van der Waals surface area contributed by atoms with Crippen molar-refractivity contribution < 1.29 is 0 Å². The van der Waals surface area contributed by atoms with Crippen LogP contribution >= 0.6 is 0 Å². The largest absolute Gasteiger partial charge is 0.311 e. The molecule has 0 aliphatic heterocycles. The number of hydrogen-bond acceptors (Lipinski definition) is 2. The van der Waals surface area contributed by atoms with Crippen LogP contribution in [0.4, 0.5) is 0 Å². The van der Waals surface area contributed by atoms with E-state index in [-0.39, 0.29) is 5.41 Å². The maximum absolute atomic E-state index is 4.61. The predicted molar refractivity (Wildman–Crippen MR) is 83.3 cm³/mol. The van der Waals surface area contributed by atoms with Crippen LogP contribution in [-0.2, 0) is 12.5 Å². The fraction of sp³-hybridized carbons (Fsp3) is 0.688. The number of nitrogens with one attached hydrogen (secondary N) is 1.